The lowest BCUT2D eigenvalue weighted by molar-refractivity contribution is -0.115. The highest BCUT2D eigenvalue weighted by Gasteiger charge is 2.27. The molecule has 1 fully saturated rings. The highest BCUT2D eigenvalue weighted by atomic mass is 32.2. The number of nitrogens with zero attached hydrogens (tertiary/aromatic N) is 2. The summed E-state index contributed by atoms with van der Waals surface area (Å²) in [6, 6.07) is 14.7. The van der Waals surface area contributed by atoms with E-state index in [0.717, 1.165) is 33.6 Å². The Morgan fingerprint density at radius 2 is 1.91 bits per heavy atom. The van der Waals surface area contributed by atoms with Crippen molar-refractivity contribution in [3.05, 3.63) is 59.7 Å². The summed E-state index contributed by atoms with van der Waals surface area (Å²) in [5.41, 5.74) is 3.54. The van der Waals surface area contributed by atoms with E-state index in [1.807, 2.05) is 44.2 Å². The van der Waals surface area contributed by atoms with Gasteiger partial charge in [0.1, 0.15) is 0 Å². The number of benzene rings is 2. The van der Waals surface area contributed by atoms with E-state index in [-0.39, 0.29) is 16.1 Å². The molecule has 0 bridgehead atoms. The quantitative estimate of drug-likeness (QED) is 0.489. The van der Waals surface area contributed by atoms with Crippen molar-refractivity contribution < 1.29 is 17.9 Å². The summed E-state index contributed by atoms with van der Waals surface area (Å²) in [5, 5.41) is 4.18. The van der Waals surface area contributed by atoms with E-state index in [1.165, 1.54) is 16.1 Å². The summed E-state index contributed by atoms with van der Waals surface area (Å²) >= 11 is 1.38. The molecular formula is C25H29N3O4S2. The van der Waals surface area contributed by atoms with Gasteiger partial charge in [-0.3, -0.25) is 4.79 Å². The fourth-order valence-electron chi connectivity index (χ4n) is 3.92. The largest absolute Gasteiger partial charge is 0.379 e. The van der Waals surface area contributed by atoms with Crippen LogP contribution in [0.25, 0.3) is 10.9 Å². The van der Waals surface area contributed by atoms with E-state index in [0.29, 0.717) is 31.8 Å². The van der Waals surface area contributed by atoms with Crippen LogP contribution in [-0.2, 0) is 26.0 Å². The predicted molar refractivity (Wildman–Crippen MR) is 136 cm³/mol. The molecule has 0 unspecified atom stereocenters. The Morgan fingerprint density at radius 3 is 2.65 bits per heavy atom. The number of aromatic nitrogens is 1. The predicted octanol–water partition coefficient (Wildman–Crippen LogP) is 4.25. The Kier molecular flexibility index (Phi) is 7.57. The van der Waals surface area contributed by atoms with Crippen molar-refractivity contribution in [2.45, 2.75) is 42.4 Å². The third-order valence-electron chi connectivity index (χ3n) is 5.89. The average Bonchev–Trinajstić information content (AvgIpc) is 2.84. The van der Waals surface area contributed by atoms with Gasteiger partial charge in [-0.15, -0.1) is 0 Å². The van der Waals surface area contributed by atoms with Crippen molar-refractivity contribution in [3.63, 3.8) is 0 Å². The zero-order valence-corrected chi connectivity index (χ0v) is 21.2. The lowest BCUT2D eigenvalue weighted by Crippen LogP contribution is -2.40. The maximum absolute atomic E-state index is 13.0. The molecule has 1 aliphatic heterocycles. The SMILES string of the molecule is CCc1ccccc1NC(=O)[C@H](C)Sc1cc(C)c2cc(S(=O)(=O)N3CCOCC3)ccc2n1. The van der Waals surface area contributed by atoms with Gasteiger partial charge in [-0.2, -0.15) is 4.31 Å². The minimum absolute atomic E-state index is 0.0857. The second-order valence-electron chi connectivity index (χ2n) is 8.23. The van der Waals surface area contributed by atoms with Crippen LogP contribution in [0.15, 0.2) is 58.5 Å². The maximum atomic E-state index is 13.0. The number of hydrogen-bond acceptors (Lipinski definition) is 6. The highest BCUT2D eigenvalue weighted by molar-refractivity contribution is 8.00. The molecule has 0 spiro atoms. The number of pyridine rings is 1. The minimum atomic E-state index is -3.58. The van der Waals surface area contributed by atoms with E-state index < -0.39 is 10.0 Å². The number of para-hydroxylation sites is 1. The zero-order chi connectivity index (χ0) is 24.3. The van der Waals surface area contributed by atoms with Crippen molar-refractivity contribution in [1.82, 2.24) is 9.29 Å². The first kappa shape index (κ1) is 24.7. The van der Waals surface area contributed by atoms with Crippen LogP contribution >= 0.6 is 11.8 Å². The molecule has 180 valence electrons. The van der Waals surface area contributed by atoms with Crippen LogP contribution in [0.3, 0.4) is 0 Å². The molecule has 0 aliphatic carbocycles. The van der Waals surface area contributed by atoms with Crippen molar-refractivity contribution in [1.29, 1.82) is 0 Å². The Labute approximate surface area is 205 Å². The molecular weight excluding hydrogens is 470 g/mol. The number of carbonyl (C=O) groups is 1. The molecule has 0 saturated carbocycles. The molecule has 4 rings (SSSR count). The summed E-state index contributed by atoms with van der Waals surface area (Å²) in [6.07, 6.45) is 0.840. The van der Waals surface area contributed by atoms with Crippen LogP contribution in [0.1, 0.15) is 25.0 Å². The Balaban J connectivity index is 1.53. The molecule has 2 heterocycles. The molecule has 1 atom stereocenters. The molecule has 0 radical (unpaired) electrons. The van der Waals surface area contributed by atoms with Gasteiger partial charge in [0.25, 0.3) is 0 Å². The minimum Gasteiger partial charge on any atom is -0.379 e. The van der Waals surface area contributed by atoms with Gasteiger partial charge < -0.3 is 10.1 Å². The number of sulfonamides is 1. The lowest BCUT2D eigenvalue weighted by Gasteiger charge is -2.26. The van der Waals surface area contributed by atoms with Crippen LogP contribution in [0, 0.1) is 6.92 Å². The number of amides is 1. The fraction of sp³-hybridized carbons (Fsp3) is 0.360. The summed E-state index contributed by atoms with van der Waals surface area (Å²) < 4.78 is 32.8. The molecule has 3 aromatic rings. The standard InChI is InChI=1S/C25H29N3O4S2/c1-4-19-7-5-6-8-22(19)27-25(29)18(3)33-24-15-17(2)21-16-20(9-10-23(21)26-24)34(30,31)28-11-13-32-14-12-28/h5-10,15-16,18H,4,11-14H2,1-3H3,(H,27,29)/t18-/m0/s1. The van der Waals surface area contributed by atoms with Crippen molar-refractivity contribution in [2.24, 2.45) is 0 Å². The second kappa shape index (κ2) is 10.4. The third-order valence-corrected chi connectivity index (χ3v) is 8.81. The number of aryl methyl sites for hydroxylation is 2. The topological polar surface area (TPSA) is 88.6 Å². The van der Waals surface area contributed by atoms with Gasteiger partial charge in [-0.1, -0.05) is 36.9 Å². The number of hydrogen-bond donors (Lipinski definition) is 1. The summed E-state index contributed by atoms with van der Waals surface area (Å²) in [6.45, 7) is 7.37. The number of nitrogens with one attached hydrogen (secondary N) is 1. The average molecular weight is 500 g/mol. The van der Waals surface area contributed by atoms with E-state index in [4.69, 9.17) is 4.74 Å². The first-order valence-corrected chi connectivity index (χ1v) is 13.7. The van der Waals surface area contributed by atoms with Crippen LogP contribution in [0.4, 0.5) is 5.69 Å². The van der Waals surface area contributed by atoms with E-state index >= 15 is 0 Å². The number of fused-ring (bicyclic) bond motifs is 1. The molecule has 9 heteroatoms. The Bertz CT molecular complexity index is 1300. The molecule has 7 nitrogen and oxygen atoms in total. The van der Waals surface area contributed by atoms with Crippen LogP contribution in [0.5, 0.6) is 0 Å². The number of anilines is 1. The number of thioether (sulfide) groups is 1. The highest BCUT2D eigenvalue weighted by Crippen LogP contribution is 2.30. The maximum Gasteiger partial charge on any atom is 0.243 e. The first-order chi connectivity index (χ1) is 16.3. The number of morpholine rings is 1. The smallest absolute Gasteiger partial charge is 0.243 e. The van der Waals surface area contributed by atoms with Gasteiger partial charge in [0, 0.05) is 24.2 Å². The first-order valence-electron chi connectivity index (χ1n) is 11.3. The van der Waals surface area contributed by atoms with Gasteiger partial charge in [0.15, 0.2) is 0 Å². The molecule has 1 aliphatic rings. The molecule has 1 N–H and O–H groups in total. The molecule has 2 aromatic carbocycles. The number of ether oxygens (including phenoxy) is 1. The Morgan fingerprint density at radius 1 is 1.18 bits per heavy atom. The van der Waals surface area contributed by atoms with Gasteiger partial charge in [0.2, 0.25) is 15.9 Å². The van der Waals surface area contributed by atoms with Crippen LogP contribution in [0.2, 0.25) is 0 Å². The van der Waals surface area contributed by atoms with E-state index in [2.05, 4.69) is 17.2 Å². The van der Waals surface area contributed by atoms with Gasteiger partial charge in [-0.05, 0) is 61.7 Å². The molecule has 1 saturated heterocycles. The summed E-state index contributed by atoms with van der Waals surface area (Å²) in [5.74, 6) is -0.0857. The third kappa shape index (κ3) is 5.27. The number of carbonyl (C=O) groups excluding carboxylic acids is 1. The van der Waals surface area contributed by atoms with Crippen molar-refractivity contribution in [2.75, 3.05) is 31.6 Å². The monoisotopic (exact) mass is 499 g/mol. The number of rotatable bonds is 7. The van der Waals surface area contributed by atoms with E-state index in [9.17, 15) is 13.2 Å². The normalized spacial score (nSPS) is 15.9. The van der Waals surface area contributed by atoms with E-state index in [1.54, 1.807) is 18.2 Å². The van der Waals surface area contributed by atoms with Crippen LogP contribution < -0.4 is 5.32 Å². The second-order valence-corrected chi connectivity index (χ2v) is 11.5. The lowest BCUT2D eigenvalue weighted by atomic mass is 10.1. The van der Waals surface area contributed by atoms with Crippen molar-refractivity contribution >= 4 is 44.3 Å². The van der Waals surface area contributed by atoms with Gasteiger partial charge >= 0.3 is 0 Å². The molecule has 1 aromatic heterocycles. The van der Waals surface area contributed by atoms with Gasteiger partial charge in [0.05, 0.1) is 33.9 Å². The Hall–Kier alpha value is -2.46. The molecule has 1 amide bonds. The van der Waals surface area contributed by atoms with Crippen LogP contribution in [-0.4, -0.2) is 55.2 Å². The zero-order valence-electron chi connectivity index (χ0n) is 19.6. The summed E-state index contributed by atoms with van der Waals surface area (Å²) in [4.78, 5) is 17.7. The molecule has 34 heavy (non-hydrogen) atoms. The van der Waals surface area contributed by atoms with Gasteiger partial charge in [-0.25, -0.2) is 13.4 Å². The fourth-order valence-corrected chi connectivity index (χ4v) is 6.28. The van der Waals surface area contributed by atoms with Crippen molar-refractivity contribution in [3.8, 4) is 0 Å². The summed E-state index contributed by atoms with van der Waals surface area (Å²) in [7, 11) is -3.58.